The molecule has 0 radical (unpaired) electrons. The molecule has 0 bridgehead atoms. The maximum absolute atomic E-state index is 6.14. The molecule has 0 saturated carbocycles. The molecule has 1 fully saturated rings. The van der Waals surface area contributed by atoms with Gasteiger partial charge in [0, 0.05) is 22.8 Å². The molecule has 25 heavy (non-hydrogen) atoms. The molecule has 3 heterocycles. The molecule has 0 N–H and O–H groups in total. The molecule has 1 aromatic heterocycles. The molecule has 4 nitrogen and oxygen atoms in total. The van der Waals surface area contributed by atoms with Crippen LogP contribution in [0.4, 0.5) is 0 Å². The Labute approximate surface area is 145 Å². The number of furan rings is 1. The zero-order valence-electron chi connectivity index (χ0n) is 13.7. The van der Waals surface area contributed by atoms with Crippen LogP contribution in [0, 0.1) is 0 Å². The normalized spacial score (nSPS) is 20.6. The van der Waals surface area contributed by atoms with E-state index in [-0.39, 0.29) is 0 Å². The Morgan fingerprint density at radius 1 is 0.920 bits per heavy atom. The van der Waals surface area contributed by atoms with Gasteiger partial charge in [0.2, 0.25) is 0 Å². The minimum absolute atomic E-state index is 0.566. The number of ether oxygens (including phenoxy) is 3. The van der Waals surface area contributed by atoms with Crippen LogP contribution in [0.1, 0.15) is 11.3 Å². The van der Waals surface area contributed by atoms with E-state index in [1.54, 1.807) is 7.11 Å². The largest absolute Gasteiger partial charge is 0.497 e. The van der Waals surface area contributed by atoms with Crippen LogP contribution in [-0.2, 0) is 4.74 Å². The molecule has 1 atom stereocenters. The van der Waals surface area contributed by atoms with Crippen LogP contribution in [0.5, 0.6) is 11.5 Å². The highest BCUT2D eigenvalue weighted by atomic mass is 16.8. The number of hydrogen-bond acceptors (Lipinski definition) is 4. The van der Waals surface area contributed by atoms with Crippen molar-refractivity contribution in [1.82, 2.24) is 0 Å². The van der Waals surface area contributed by atoms with Crippen molar-refractivity contribution in [1.29, 1.82) is 0 Å². The van der Waals surface area contributed by atoms with Crippen molar-refractivity contribution in [2.24, 2.45) is 0 Å². The van der Waals surface area contributed by atoms with Gasteiger partial charge in [-0.05, 0) is 42.5 Å². The fourth-order valence-corrected chi connectivity index (χ4v) is 3.10. The molecule has 2 aliphatic heterocycles. The minimum atomic E-state index is -0.628. The predicted octanol–water partition coefficient (Wildman–Crippen LogP) is 4.51. The number of rotatable bonds is 3. The van der Waals surface area contributed by atoms with E-state index in [0.29, 0.717) is 6.61 Å². The third kappa shape index (κ3) is 2.42. The number of epoxide rings is 1. The van der Waals surface area contributed by atoms with Crippen LogP contribution < -0.4 is 9.47 Å². The molecular weight excluding hydrogens is 316 g/mol. The standard InChI is InChI=1S/C21H16O4/c1-22-15-8-6-14(7-9-15)18-10-11-19(24-18)17-12-21(13-23-21)25-20-5-3-2-4-16(17)20/h2-12H,13H2,1H3. The quantitative estimate of drug-likeness (QED) is 0.662. The molecule has 1 unspecified atom stereocenters. The lowest BCUT2D eigenvalue weighted by Gasteiger charge is -2.22. The second-order valence-corrected chi connectivity index (χ2v) is 6.15. The van der Waals surface area contributed by atoms with Gasteiger partial charge in [-0.25, -0.2) is 0 Å². The van der Waals surface area contributed by atoms with E-state index in [1.165, 1.54) is 0 Å². The Balaban J connectivity index is 1.55. The highest BCUT2D eigenvalue weighted by Gasteiger charge is 2.49. The molecule has 0 aliphatic carbocycles. The van der Waals surface area contributed by atoms with Crippen LogP contribution in [0.15, 0.2) is 71.2 Å². The zero-order valence-corrected chi connectivity index (χ0v) is 13.7. The van der Waals surface area contributed by atoms with Crippen LogP contribution in [0.2, 0.25) is 0 Å². The molecule has 1 spiro atoms. The summed E-state index contributed by atoms with van der Waals surface area (Å²) in [6, 6.07) is 19.7. The van der Waals surface area contributed by atoms with E-state index in [9.17, 15) is 0 Å². The maximum Gasteiger partial charge on any atom is 0.255 e. The van der Waals surface area contributed by atoms with Crippen LogP contribution in [-0.4, -0.2) is 19.5 Å². The summed E-state index contributed by atoms with van der Waals surface area (Å²) >= 11 is 0. The number of benzene rings is 2. The zero-order chi connectivity index (χ0) is 16.9. The van der Waals surface area contributed by atoms with Crippen LogP contribution in [0.25, 0.3) is 16.9 Å². The lowest BCUT2D eigenvalue weighted by Crippen LogP contribution is -2.22. The van der Waals surface area contributed by atoms with Crippen molar-refractivity contribution in [3.8, 4) is 22.8 Å². The van der Waals surface area contributed by atoms with Gasteiger partial charge in [0.05, 0.1) is 7.11 Å². The van der Waals surface area contributed by atoms with Crippen molar-refractivity contribution >= 4 is 5.57 Å². The van der Waals surface area contributed by atoms with Gasteiger partial charge in [0.25, 0.3) is 5.79 Å². The van der Waals surface area contributed by atoms with E-state index in [4.69, 9.17) is 18.6 Å². The molecule has 0 amide bonds. The third-order valence-corrected chi connectivity index (χ3v) is 4.50. The summed E-state index contributed by atoms with van der Waals surface area (Å²) in [7, 11) is 1.66. The van der Waals surface area contributed by atoms with Crippen molar-refractivity contribution in [2.75, 3.05) is 13.7 Å². The van der Waals surface area contributed by atoms with Crippen molar-refractivity contribution in [2.45, 2.75) is 5.79 Å². The third-order valence-electron chi connectivity index (χ3n) is 4.50. The topological polar surface area (TPSA) is 44.1 Å². The summed E-state index contributed by atoms with van der Waals surface area (Å²) in [4.78, 5) is 0. The lowest BCUT2D eigenvalue weighted by atomic mass is 9.98. The van der Waals surface area contributed by atoms with Crippen molar-refractivity contribution in [3.05, 3.63) is 78.1 Å². The summed E-state index contributed by atoms with van der Waals surface area (Å²) in [5, 5.41) is 0. The van der Waals surface area contributed by atoms with Crippen molar-refractivity contribution < 1.29 is 18.6 Å². The van der Waals surface area contributed by atoms with Gasteiger partial charge in [-0.15, -0.1) is 0 Å². The summed E-state index contributed by atoms with van der Waals surface area (Å²) in [6.07, 6.45) is 2.01. The fourth-order valence-electron chi connectivity index (χ4n) is 3.10. The Morgan fingerprint density at radius 3 is 2.44 bits per heavy atom. The Hall–Kier alpha value is -2.98. The molecule has 3 aromatic rings. The second-order valence-electron chi connectivity index (χ2n) is 6.15. The molecule has 1 saturated heterocycles. The fraction of sp³-hybridized carbons (Fsp3) is 0.143. The molecule has 124 valence electrons. The van der Waals surface area contributed by atoms with E-state index < -0.39 is 5.79 Å². The van der Waals surface area contributed by atoms with Crippen LogP contribution in [0.3, 0.4) is 0 Å². The second kappa shape index (κ2) is 5.26. The molecule has 5 rings (SSSR count). The first-order valence-electron chi connectivity index (χ1n) is 8.16. The van der Waals surface area contributed by atoms with Gasteiger partial charge in [-0.2, -0.15) is 0 Å². The van der Waals surface area contributed by atoms with E-state index >= 15 is 0 Å². The van der Waals surface area contributed by atoms with Gasteiger partial charge >= 0.3 is 0 Å². The summed E-state index contributed by atoms with van der Waals surface area (Å²) in [5.74, 6) is 2.63. The smallest absolute Gasteiger partial charge is 0.255 e. The first-order chi connectivity index (χ1) is 12.3. The Bertz CT molecular complexity index is 962. The molecule has 2 aromatic carbocycles. The summed E-state index contributed by atoms with van der Waals surface area (Å²) in [6.45, 7) is 0.566. The number of methoxy groups -OCH3 is 1. The van der Waals surface area contributed by atoms with E-state index in [1.807, 2.05) is 66.7 Å². The maximum atomic E-state index is 6.14. The van der Waals surface area contributed by atoms with E-state index in [2.05, 4.69) is 0 Å². The molecular formula is C21H16O4. The van der Waals surface area contributed by atoms with Gasteiger partial charge in [-0.3, -0.25) is 0 Å². The predicted molar refractivity (Wildman–Crippen MR) is 93.5 cm³/mol. The van der Waals surface area contributed by atoms with Gasteiger partial charge in [-0.1, -0.05) is 18.2 Å². The molecule has 4 heteroatoms. The first-order valence-corrected chi connectivity index (χ1v) is 8.16. The minimum Gasteiger partial charge on any atom is -0.497 e. The summed E-state index contributed by atoms with van der Waals surface area (Å²) < 4.78 is 22.8. The monoisotopic (exact) mass is 332 g/mol. The first kappa shape index (κ1) is 14.4. The average molecular weight is 332 g/mol. The Morgan fingerprint density at radius 2 is 1.68 bits per heavy atom. The van der Waals surface area contributed by atoms with Gasteiger partial charge < -0.3 is 18.6 Å². The molecule has 2 aliphatic rings. The average Bonchev–Trinajstić information content (AvgIpc) is 3.21. The lowest BCUT2D eigenvalue weighted by molar-refractivity contribution is 0.104. The van der Waals surface area contributed by atoms with Crippen LogP contribution >= 0.6 is 0 Å². The number of hydrogen-bond donors (Lipinski definition) is 0. The highest BCUT2D eigenvalue weighted by molar-refractivity contribution is 5.83. The number of fused-ring (bicyclic) bond motifs is 1. The number of para-hydroxylation sites is 1. The highest BCUT2D eigenvalue weighted by Crippen LogP contribution is 2.45. The van der Waals surface area contributed by atoms with Crippen molar-refractivity contribution in [3.63, 3.8) is 0 Å². The van der Waals surface area contributed by atoms with Gasteiger partial charge in [0.1, 0.15) is 29.6 Å². The van der Waals surface area contributed by atoms with E-state index in [0.717, 1.165) is 39.7 Å². The SMILES string of the molecule is COc1ccc(-c2ccc(C3=CC4(CO4)Oc4ccccc43)o2)cc1. The summed E-state index contributed by atoms with van der Waals surface area (Å²) in [5.41, 5.74) is 3.02. The van der Waals surface area contributed by atoms with Gasteiger partial charge in [0.15, 0.2) is 0 Å². The Kier molecular flexibility index (Phi) is 3.02.